The number of hydrogen-bond donors (Lipinski definition) is 4. The second kappa shape index (κ2) is 12.0. The summed E-state index contributed by atoms with van der Waals surface area (Å²) < 4.78 is 5.30. The van der Waals surface area contributed by atoms with Gasteiger partial charge in [-0.25, -0.2) is 9.59 Å². The molecule has 4 rings (SSSR count). The summed E-state index contributed by atoms with van der Waals surface area (Å²) in [6.07, 6.45) is 4.61. The maximum absolute atomic E-state index is 13.2. The Bertz CT molecular complexity index is 1330. The number of aliphatic hydroxyl groups excluding tert-OH is 1. The molecule has 2 amide bonds. The summed E-state index contributed by atoms with van der Waals surface area (Å²) in [5.74, 6) is -1.74. The van der Waals surface area contributed by atoms with Crippen LogP contribution in [0.4, 0.5) is 4.79 Å². The highest BCUT2D eigenvalue weighted by atomic mass is 16.5. The third-order valence-electron chi connectivity index (χ3n) is 7.33. The van der Waals surface area contributed by atoms with Gasteiger partial charge in [0, 0.05) is 24.1 Å². The van der Waals surface area contributed by atoms with Crippen molar-refractivity contribution in [2.75, 3.05) is 13.2 Å². The Morgan fingerprint density at radius 1 is 1.10 bits per heavy atom. The molecule has 0 bridgehead atoms. The molecule has 0 radical (unpaired) electrons. The van der Waals surface area contributed by atoms with Gasteiger partial charge >= 0.3 is 12.1 Å². The number of β-amino-alcohol motifs (C(OH)–C–C–N with tert-alkyl or cyclic N) is 1. The normalized spacial score (nSPS) is 18.9. The van der Waals surface area contributed by atoms with E-state index in [1.54, 1.807) is 20.8 Å². The number of likely N-dealkylation sites (tertiary alicyclic amines) is 1. The maximum atomic E-state index is 13.2. The van der Waals surface area contributed by atoms with E-state index in [4.69, 9.17) is 10.1 Å². The predicted molar refractivity (Wildman–Crippen MR) is 152 cm³/mol. The van der Waals surface area contributed by atoms with Crippen LogP contribution in [0.25, 0.3) is 17.2 Å². The lowest BCUT2D eigenvalue weighted by atomic mass is 9.85. The van der Waals surface area contributed by atoms with Crippen LogP contribution in [-0.2, 0) is 14.3 Å². The van der Waals surface area contributed by atoms with Crippen molar-refractivity contribution in [3.05, 3.63) is 65.2 Å². The highest BCUT2D eigenvalue weighted by Crippen LogP contribution is 2.36. The summed E-state index contributed by atoms with van der Waals surface area (Å²) >= 11 is 0. The lowest BCUT2D eigenvalue weighted by molar-refractivity contribution is -0.150. The lowest BCUT2D eigenvalue weighted by Crippen LogP contribution is -2.56. The molecule has 2 aromatic rings. The van der Waals surface area contributed by atoms with Crippen LogP contribution in [0.5, 0.6) is 0 Å². The number of aliphatic hydroxyl groups is 1. The number of amides is 2. The summed E-state index contributed by atoms with van der Waals surface area (Å²) in [6.45, 7) is 5.40. The van der Waals surface area contributed by atoms with Gasteiger partial charge in [0.25, 0.3) is 0 Å². The molecule has 40 heavy (non-hydrogen) atoms. The SMILES string of the molecule is CC(C)(C)[C@H](NC(=O)OCCCC/C=C/c1ccc2c(c1)C(=N)c1ccccc1-2)C(=O)N1C[C@H](O)C[C@H]1C(=O)O. The summed E-state index contributed by atoms with van der Waals surface area (Å²) in [6, 6.07) is 12.0. The fourth-order valence-corrected chi connectivity index (χ4v) is 5.20. The van der Waals surface area contributed by atoms with E-state index >= 15 is 0 Å². The van der Waals surface area contributed by atoms with E-state index in [0.717, 1.165) is 45.6 Å². The molecule has 0 unspecified atom stereocenters. The van der Waals surface area contributed by atoms with Crippen molar-refractivity contribution in [3.63, 3.8) is 0 Å². The first-order valence-electron chi connectivity index (χ1n) is 13.6. The van der Waals surface area contributed by atoms with Gasteiger partial charge in [0.05, 0.1) is 18.4 Å². The molecular weight excluding hydrogens is 510 g/mol. The number of rotatable bonds is 9. The molecule has 0 spiro atoms. The van der Waals surface area contributed by atoms with Gasteiger partial charge in [-0.1, -0.05) is 69.3 Å². The highest BCUT2D eigenvalue weighted by Gasteiger charge is 2.44. The van der Waals surface area contributed by atoms with Crippen LogP contribution in [0.15, 0.2) is 48.5 Å². The van der Waals surface area contributed by atoms with E-state index in [1.807, 2.05) is 42.5 Å². The minimum atomic E-state index is -1.18. The highest BCUT2D eigenvalue weighted by molar-refractivity contribution is 6.23. The first kappa shape index (κ1) is 29.0. The predicted octanol–water partition coefficient (Wildman–Crippen LogP) is 4.45. The fourth-order valence-electron chi connectivity index (χ4n) is 5.20. The third-order valence-corrected chi connectivity index (χ3v) is 7.33. The molecular formula is C31H37N3O6. The summed E-state index contributed by atoms with van der Waals surface area (Å²) in [5, 5.41) is 30.4. The van der Waals surface area contributed by atoms with Crippen molar-refractivity contribution >= 4 is 29.8 Å². The summed E-state index contributed by atoms with van der Waals surface area (Å²) in [5.41, 5.74) is 4.96. The van der Waals surface area contributed by atoms with Gasteiger partial charge in [-0.3, -0.25) is 10.2 Å². The topological polar surface area (TPSA) is 140 Å². The minimum absolute atomic E-state index is 0.0404. The fraction of sp³-hybridized carbons (Fsp3) is 0.419. The number of ether oxygens (including phenoxy) is 1. The summed E-state index contributed by atoms with van der Waals surface area (Å²) in [4.78, 5) is 38.3. The second-order valence-corrected chi connectivity index (χ2v) is 11.4. The number of hydrogen-bond acceptors (Lipinski definition) is 6. The van der Waals surface area contributed by atoms with Gasteiger partial charge in [-0.15, -0.1) is 0 Å². The first-order valence-corrected chi connectivity index (χ1v) is 13.6. The van der Waals surface area contributed by atoms with E-state index in [-0.39, 0.29) is 19.6 Å². The van der Waals surface area contributed by atoms with Gasteiger partial charge in [0.1, 0.15) is 12.1 Å². The average molecular weight is 548 g/mol. The monoisotopic (exact) mass is 547 g/mol. The third kappa shape index (κ3) is 6.42. The smallest absolute Gasteiger partial charge is 0.407 e. The van der Waals surface area contributed by atoms with Crippen LogP contribution >= 0.6 is 0 Å². The number of benzene rings is 2. The number of allylic oxidation sites excluding steroid dienone is 1. The van der Waals surface area contributed by atoms with Crippen molar-refractivity contribution in [1.82, 2.24) is 10.2 Å². The Morgan fingerprint density at radius 2 is 1.80 bits per heavy atom. The van der Waals surface area contributed by atoms with Gasteiger partial charge in [0.15, 0.2) is 0 Å². The van der Waals surface area contributed by atoms with E-state index in [2.05, 4.69) is 17.5 Å². The minimum Gasteiger partial charge on any atom is -0.480 e. The number of nitrogens with zero attached hydrogens (tertiary/aromatic N) is 1. The number of nitrogens with one attached hydrogen (secondary N) is 2. The summed E-state index contributed by atoms with van der Waals surface area (Å²) in [7, 11) is 0. The van der Waals surface area contributed by atoms with Crippen molar-refractivity contribution in [1.29, 1.82) is 5.41 Å². The van der Waals surface area contributed by atoms with Crippen LogP contribution in [0.2, 0.25) is 0 Å². The van der Waals surface area contributed by atoms with Crippen LogP contribution in [0.1, 0.15) is 63.1 Å². The number of carbonyl (C=O) groups excluding carboxylic acids is 2. The number of aliphatic carboxylic acids is 1. The van der Waals surface area contributed by atoms with E-state index in [1.165, 1.54) is 0 Å². The second-order valence-electron chi connectivity index (χ2n) is 11.4. The first-order chi connectivity index (χ1) is 19.0. The molecule has 1 saturated heterocycles. The molecule has 0 aromatic heterocycles. The molecule has 0 saturated carbocycles. The Morgan fingerprint density at radius 3 is 2.50 bits per heavy atom. The zero-order valence-corrected chi connectivity index (χ0v) is 23.1. The Hall–Kier alpha value is -3.98. The number of carboxylic acids is 1. The molecule has 4 N–H and O–H groups in total. The number of alkyl carbamates (subject to hydrolysis) is 1. The standard InChI is InChI=1S/C31H37N3O6/c1-31(2,3)27(28(36)34-18-20(35)17-25(34)29(37)38)33-30(39)40-15-9-5-4-6-10-19-13-14-22-21-11-7-8-12-23(21)26(32)24(22)16-19/h6-8,10-14,16,20,25,27,32,35H,4-5,9,15,17-18H2,1-3H3,(H,33,39)(H,37,38)/b10-6+,32-26?/t20-,25+,27-/m1/s1. The van der Waals surface area contributed by atoms with Crippen molar-refractivity contribution < 1.29 is 29.3 Å². The molecule has 212 valence electrons. The largest absolute Gasteiger partial charge is 0.480 e. The molecule has 1 fully saturated rings. The number of unbranched alkanes of at least 4 members (excludes halogenated alkanes) is 2. The Kier molecular flexibility index (Phi) is 8.73. The molecule has 2 aliphatic rings. The molecule has 9 heteroatoms. The van der Waals surface area contributed by atoms with Crippen molar-refractivity contribution in [2.45, 2.75) is 64.6 Å². The zero-order valence-electron chi connectivity index (χ0n) is 23.1. The zero-order chi connectivity index (χ0) is 29.0. The van der Waals surface area contributed by atoms with Crippen LogP contribution in [0.3, 0.4) is 0 Å². The Labute approximate surface area is 234 Å². The van der Waals surface area contributed by atoms with Crippen molar-refractivity contribution in [2.24, 2.45) is 5.41 Å². The van der Waals surface area contributed by atoms with E-state index in [0.29, 0.717) is 12.1 Å². The molecule has 9 nitrogen and oxygen atoms in total. The van der Waals surface area contributed by atoms with Gasteiger partial charge in [-0.05, 0) is 47.4 Å². The Balaban J connectivity index is 1.22. The molecule has 3 atom stereocenters. The molecule has 1 aliphatic carbocycles. The van der Waals surface area contributed by atoms with E-state index < -0.39 is 41.6 Å². The van der Waals surface area contributed by atoms with Crippen molar-refractivity contribution in [3.8, 4) is 11.1 Å². The number of carbonyl (C=O) groups is 3. The molecule has 1 aliphatic heterocycles. The van der Waals surface area contributed by atoms with Gasteiger partial charge in [-0.2, -0.15) is 0 Å². The van der Waals surface area contributed by atoms with Gasteiger partial charge < -0.3 is 25.2 Å². The number of carboxylic acid groups (broad SMARTS) is 1. The number of fused-ring (bicyclic) bond motifs is 3. The van der Waals surface area contributed by atoms with Crippen LogP contribution in [0, 0.1) is 10.8 Å². The van der Waals surface area contributed by atoms with E-state index in [9.17, 15) is 24.6 Å². The average Bonchev–Trinajstić information content (AvgIpc) is 3.44. The molecule has 1 heterocycles. The van der Waals surface area contributed by atoms with Gasteiger partial charge in [0.2, 0.25) is 5.91 Å². The van der Waals surface area contributed by atoms with Crippen LogP contribution < -0.4 is 5.32 Å². The van der Waals surface area contributed by atoms with Crippen LogP contribution in [-0.4, -0.2) is 70.1 Å². The maximum Gasteiger partial charge on any atom is 0.407 e. The molecule has 2 aromatic carbocycles. The lowest BCUT2D eigenvalue weighted by Gasteiger charge is -2.34. The quantitative estimate of drug-likeness (QED) is 0.292.